The van der Waals surface area contributed by atoms with Gasteiger partial charge in [-0.3, -0.25) is 0 Å². The van der Waals surface area contributed by atoms with Crippen LogP contribution in [0.1, 0.15) is 11.1 Å². The second-order valence-electron chi connectivity index (χ2n) is 3.84. The molecule has 0 radical (unpaired) electrons. The first kappa shape index (κ1) is 12.1. The molecule has 2 nitrogen and oxygen atoms in total. The highest BCUT2D eigenvalue weighted by atomic mass is 19.1. The van der Waals surface area contributed by atoms with Gasteiger partial charge >= 0.3 is 0 Å². The molecule has 0 saturated carbocycles. The lowest BCUT2D eigenvalue weighted by molar-refractivity contribution is 0.627. The van der Waals surface area contributed by atoms with Crippen molar-refractivity contribution in [1.82, 2.24) is 0 Å². The summed E-state index contributed by atoms with van der Waals surface area (Å²) in [6.07, 6.45) is 0. The van der Waals surface area contributed by atoms with E-state index in [1.54, 1.807) is 24.3 Å². The third kappa shape index (κ3) is 2.48. The van der Waals surface area contributed by atoms with E-state index >= 15 is 0 Å². The number of rotatable bonds is 2. The zero-order valence-electron chi connectivity index (χ0n) is 9.53. The van der Waals surface area contributed by atoms with E-state index in [2.05, 4.69) is 0 Å². The van der Waals surface area contributed by atoms with Crippen LogP contribution >= 0.6 is 0 Å². The maximum Gasteiger partial charge on any atom is 0.123 e. The first-order valence-electron chi connectivity index (χ1n) is 5.35. The van der Waals surface area contributed by atoms with Crippen molar-refractivity contribution in [1.29, 1.82) is 0 Å². The topological polar surface area (TPSA) is 52.0 Å². The zero-order valence-corrected chi connectivity index (χ0v) is 9.53. The summed E-state index contributed by atoms with van der Waals surface area (Å²) in [5.74, 6) is -0.682. The molecule has 0 fully saturated rings. The van der Waals surface area contributed by atoms with Gasteiger partial charge in [0.15, 0.2) is 0 Å². The highest BCUT2D eigenvalue weighted by molar-refractivity contribution is 5.87. The van der Waals surface area contributed by atoms with Gasteiger partial charge in [0.1, 0.15) is 11.6 Å². The van der Waals surface area contributed by atoms with Crippen molar-refractivity contribution in [2.24, 2.45) is 11.5 Å². The summed E-state index contributed by atoms with van der Waals surface area (Å²) < 4.78 is 25.6. The maximum atomic E-state index is 12.8. The van der Waals surface area contributed by atoms with E-state index in [9.17, 15) is 8.78 Å². The molecule has 0 aromatic heterocycles. The molecule has 4 heteroatoms. The van der Waals surface area contributed by atoms with Crippen LogP contribution in [0.15, 0.2) is 48.5 Å². The molecule has 0 heterocycles. The molecule has 18 heavy (non-hydrogen) atoms. The summed E-state index contributed by atoms with van der Waals surface area (Å²) in [4.78, 5) is 0. The minimum absolute atomic E-state index is 0.335. The van der Waals surface area contributed by atoms with E-state index in [-0.39, 0.29) is 11.6 Å². The Morgan fingerprint density at radius 2 is 0.889 bits per heavy atom. The Bertz CT molecular complexity index is 518. The lowest BCUT2D eigenvalue weighted by Gasteiger charge is -2.08. The fourth-order valence-electron chi connectivity index (χ4n) is 1.57. The monoisotopic (exact) mass is 246 g/mol. The number of nitrogens with two attached hydrogens (primary N) is 2. The molecule has 2 aromatic rings. The molecule has 0 aliphatic heterocycles. The average molecular weight is 246 g/mol. The summed E-state index contributed by atoms with van der Waals surface area (Å²) in [5, 5.41) is 0. The van der Waals surface area contributed by atoms with Crippen LogP contribution < -0.4 is 11.5 Å². The van der Waals surface area contributed by atoms with E-state index in [1.165, 1.54) is 24.3 Å². The number of hydrogen-bond acceptors (Lipinski definition) is 2. The summed E-state index contributed by atoms with van der Waals surface area (Å²) in [7, 11) is 0. The summed E-state index contributed by atoms with van der Waals surface area (Å²) >= 11 is 0. The van der Waals surface area contributed by atoms with Gasteiger partial charge in [-0.25, -0.2) is 8.78 Å². The van der Waals surface area contributed by atoms with E-state index in [4.69, 9.17) is 11.5 Å². The van der Waals surface area contributed by atoms with Crippen molar-refractivity contribution in [2.45, 2.75) is 0 Å². The molecule has 0 unspecified atom stereocenters. The van der Waals surface area contributed by atoms with Crippen molar-refractivity contribution in [3.05, 3.63) is 71.3 Å². The molecule has 0 amide bonds. The molecular formula is C14H12F2N2. The number of halogens is 2. The predicted molar refractivity (Wildman–Crippen MR) is 68.0 cm³/mol. The molecule has 0 spiro atoms. The molecule has 2 rings (SSSR count). The summed E-state index contributed by atoms with van der Waals surface area (Å²) in [6, 6.07) is 11.4. The third-order valence-electron chi connectivity index (χ3n) is 2.60. The highest BCUT2D eigenvalue weighted by Gasteiger charge is 2.05. The second-order valence-corrected chi connectivity index (χ2v) is 3.84. The number of hydrogen-bond donors (Lipinski definition) is 2. The zero-order chi connectivity index (χ0) is 13.1. The fourth-order valence-corrected chi connectivity index (χ4v) is 1.57. The third-order valence-corrected chi connectivity index (χ3v) is 2.60. The molecule has 0 bridgehead atoms. The smallest absolute Gasteiger partial charge is 0.123 e. The fraction of sp³-hybridized carbons (Fsp3) is 0. The highest BCUT2D eigenvalue weighted by Crippen LogP contribution is 2.19. The van der Waals surface area contributed by atoms with E-state index in [0.29, 0.717) is 22.5 Å². The van der Waals surface area contributed by atoms with Gasteiger partial charge in [-0.2, -0.15) is 0 Å². The van der Waals surface area contributed by atoms with Gasteiger partial charge in [-0.1, -0.05) is 0 Å². The second kappa shape index (κ2) is 4.87. The molecular weight excluding hydrogens is 234 g/mol. The SMILES string of the molecule is N/C(=C(\N)c1ccc(F)cc1)c1ccc(F)cc1. The van der Waals surface area contributed by atoms with Gasteiger partial charge in [-0.05, 0) is 59.7 Å². The molecule has 0 aliphatic carbocycles. The van der Waals surface area contributed by atoms with Gasteiger partial charge < -0.3 is 11.5 Å². The van der Waals surface area contributed by atoms with E-state index < -0.39 is 0 Å². The Morgan fingerprint density at radius 3 is 1.17 bits per heavy atom. The molecule has 0 saturated heterocycles. The largest absolute Gasteiger partial charge is 0.397 e. The van der Waals surface area contributed by atoms with Crippen LogP contribution in [-0.4, -0.2) is 0 Å². The normalized spacial score (nSPS) is 12.1. The molecule has 0 aliphatic rings. The van der Waals surface area contributed by atoms with Gasteiger partial charge in [0.25, 0.3) is 0 Å². The molecule has 0 atom stereocenters. The van der Waals surface area contributed by atoms with Crippen molar-refractivity contribution in [3.63, 3.8) is 0 Å². The average Bonchev–Trinajstić information content (AvgIpc) is 2.39. The maximum absolute atomic E-state index is 12.8. The Kier molecular flexibility index (Phi) is 3.28. The minimum Gasteiger partial charge on any atom is -0.397 e. The lowest BCUT2D eigenvalue weighted by Crippen LogP contribution is -2.07. The Morgan fingerprint density at radius 1 is 0.611 bits per heavy atom. The molecule has 4 N–H and O–H groups in total. The quantitative estimate of drug-likeness (QED) is 0.800. The summed E-state index contributed by atoms with van der Waals surface area (Å²) in [5.41, 5.74) is 13.7. The van der Waals surface area contributed by atoms with Crippen LogP contribution in [0.25, 0.3) is 11.4 Å². The van der Waals surface area contributed by atoms with Crippen LogP contribution in [0.5, 0.6) is 0 Å². The van der Waals surface area contributed by atoms with Gasteiger partial charge in [0, 0.05) is 0 Å². The van der Waals surface area contributed by atoms with Crippen LogP contribution in [0.4, 0.5) is 8.78 Å². The van der Waals surface area contributed by atoms with Gasteiger partial charge in [-0.15, -0.1) is 0 Å². The van der Waals surface area contributed by atoms with Crippen LogP contribution in [0, 0.1) is 11.6 Å². The predicted octanol–water partition coefficient (Wildman–Crippen LogP) is 2.71. The van der Waals surface area contributed by atoms with Crippen LogP contribution in [-0.2, 0) is 0 Å². The van der Waals surface area contributed by atoms with E-state index in [1.807, 2.05) is 0 Å². The Labute approximate surface area is 104 Å². The van der Waals surface area contributed by atoms with Crippen LogP contribution in [0.3, 0.4) is 0 Å². The van der Waals surface area contributed by atoms with Crippen LogP contribution in [0.2, 0.25) is 0 Å². The minimum atomic E-state index is -0.341. The molecule has 2 aromatic carbocycles. The van der Waals surface area contributed by atoms with Crippen molar-refractivity contribution in [2.75, 3.05) is 0 Å². The van der Waals surface area contributed by atoms with Gasteiger partial charge in [0.05, 0.1) is 11.4 Å². The first-order valence-corrected chi connectivity index (χ1v) is 5.35. The first-order chi connectivity index (χ1) is 8.58. The molecule has 92 valence electrons. The van der Waals surface area contributed by atoms with Gasteiger partial charge in [0.2, 0.25) is 0 Å². The Balaban J connectivity index is 2.40. The Hall–Kier alpha value is -2.36. The van der Waals surface area contributed by atoms with Crippen molar-refractivity contribution in [3.8, 4) is 0 Å². The van der Waals surface area contributed by atoms with Crippen molar-refractivity contribution >= 4 is 11.4 Å². The summed E-state index contributed by atoms with van der Waals surface area (Å²) in [6.45, 7) is 0. The lowest BCUT2D eigenvalue weighted by atomic mass is 10.1. The standard InChI is InChI=1S/C14H12F2N2/c15-11-5-1-9(2-6-11)13(17)14(18)10-3-7-12(16)8-4-10/h1-8H,17-18H2/b14-13-. The van der Waals surface area contributed by atoms with Crippen molar-refractivity contribution < 1.29 is 8.78 Å². The van der Waals surface area contributed by atoms with E-state index in [0.717, 1.165) is 0 Å². The number of benzene rings is 2.